The molecule has 0 saturated carbocycles. The van der Waals surface area contributed by atoms with Gasteiger partial charge in [0.25, 0.3) is 11.5 Å². The van der Waals surface area contributed by atoms with Gasteiger partial charge in [0.1, 0.15) is 15.8 Å². The first kappa shape index (κ1) is 24.1. The summed E-state index contributed by atoms with van der Waals surface area (Å²) in [4.78, 5) is 33.1. The molecule has 1 atom stereocenters. The summed E-state index contributed by atoms with van der Waals surface area (Å²) < 4.78 is 1.94. The molecule has 0 unspecified atom stereocenters. The Morgan fingerprint density at radius 3 is 2.62 bits per heavy atom. The molecule has 1 aromatic carbocycles. The molecule has 1 fully saturated rings. The molecule has 9 heteroatoms. The first-order valence-corrected chi connectivity index (χ1v) is 12.2. The van der Waals surface area contributed by atoms with Crippen molar-refractivity contribution in [3.8, 4) is 0 Å². The number of hydrogen-bond acceptors (Lipinski definition) is 7. The van der Waals surface area contributed by atoms with E-state index in [4.69, 9.17) is 12.2 Å². The van der Waals surface area contributed by atoms with Crippen molar-refractivity contribution in [2.75, 3.05) is 18.4 Å². The number of nitrogens with one attached hydrogen (secondary N) is 1. The second kappa shape index (κ2) is 10.1. The predicted octanol–water partition coefficient (Wildman–Crippen LogP) is 4.01. The summed E-state index contributed by atoms with van der Waals surface area (Å²) in [5.41, 5.74) is 2.03. The number of aliphatic hydroxyl groups is 1. The van der Waals surface area contributed by atoms with Crippen molar-refractivity contribution in [2.45, 2.75) is 26.9 Å². The Kier molecular flexibility index (Phi) is 7.16. The number of aromatic nitrogens is 2. The topological polar surface area (TPSA) is 86.9 Å². The highest BCUT2D eigenvalue weighted by atomic mass is 32.2. The lowest BCUT2D eigenvalue weighted by atomic mass is 10.1. The third kappa shape index (κ3) is 4.91. The number of aryl methyl sites for hydroxylation is 1. The lowest BCUT2D eigenvalue weighted by molar-refractivity contribution is -0.122. The molecule has 1 aliphatic rings. The van der Waals surface area contributed by atoms with E-state index in [1.807, 2.05) is 57.2 Å². The van der Waals surface area contributed by atoms with Gasteiger partial charge in [0.15, 0.2) is 0 Å². The standard InChI is InChI=1S/C25H26N4O3S2/c1-15(2)14-29-24(32)20(34-25(29)33)12-18-21(26-13-19(30)17-9-5-4-6-10-17)27-22-16(3)8-7-11-28(22)23(18)31/h4-12,15,19,26,30H,13-14H2,1-3H3/b20-12-/t19-/m0/s1. The van der Waals surface area contributed by atoms with E-state index in [9.17, 15) is 14.7 Å². The van der Waals surface area contributed by atoms with Crippen LogP contribution >= 0.6 is 24.0 Å². The van der Waals surface area contributed by atoms with Gasteiger partial charge in [-0.1, -0.05) is 74.2 Å². The summed E-state index contributed by atoms with van der Waals surface area (Å²) >= 11 is 6.59. The fraction of sp³-hybridized carbons (Fsp3) is 0.280. The highest BCUT2D eigenvalue weighted by molar-refractivity contribution is 8.26. The van der Waals surface area contributed by atoms with Crippen LogP contribution in [-0.4, -0.2) is 42.7 Å². The normalized spacial score (nSPS) is 16.1. The van der Waals surface area contributed by atoms with Crippen LogP contribution in [0.4, 0.5) is 5.82 Å². The van der Waals surface area contributed by atoms with Crippen LogP contribution in [0.1, 0.15) is 36.6 Å². The van der Waals surface area contributed by atoms with Crippen molar-refractivity contribution in [1.29, 1.82) is 0 Å². The molecule has 1 saturated heterocycles. The first-order chi connectivity index (χ1) is 16.3. The highest BCUT2D eigenvalue weighted by Crippen LogP contribution is 2.33. The molecule has 0 spiro atoms. The van der Waals surface area contributed by atoms with Crippen molar-refractivity contribution in [2.24, 2.45) is 5.92 Å². The minimum atomic E-state index is -0.796. The molecule has 7 nitrogen and oxygen atoms in total. The van der Waals surface area contributed by atoms with Crippen LogP contribution in [0.5, 0.6) is 0 Å². The molecule has 1 aliphatic heterocycles. The number of anilines is 1. The number of carbonyl (C=O) groups is 1. The maximum atomic E-state index is 13.5. The van der Waals surface area contributed by atoms with E-state index in [1.54, 1.807) is 23.2 Å². The summed E-state index contributed by atoms with van der Waals surface area (Å²) in [5, 5.41) is 13.7. The molecule has 176 valence electrons. The van der Waals surface area contributed by atoms with Crippen molar-refractivity contribution >= 4 is 51.7 Å². The second-order valence-electron chi connectivity index (χ2n) is 8.56. The molecule has 2 aromatic heterocycles. The number of hydrogen-bond donors (Lipinski definition) is 2. The largest absolute Gasteiger partial charge is 0.387 e. The van der Waals surface area contributed by atoms with Crippen LogP contribution in [0.2, 0.25) is 0 Å². The molecule has 34 heavy (non-hydrogen) atoms. The van der Waals surface area contributed by atoms with Gasteiger partial charge < -0.3 is 10.4 Å². The fourth-order valence-electron chi connectivity index (χ4n) is 3.72. The Hall–Kier alpha value is -3.01. The third-order valence-electron chi connectivity index (χ3n) is 5.43. The Balaban J connectivity index is 1.75. The number of aliphatic hydroxyl groups excluding tert-OH is 1. The Bertz CT molecular complexity index is 1340. The number of nitrogens with zero attached hydrogens (tertiary/aromatic N) is 3. The number of thioether (sulfide) groups is 1. The number of pyridine rings is 1. The van der Waals surface area contributed by atoms with Crippen LogP contribution < -0.4 is 10.9 Å². The van der Waals surface area contributed by atoms with Crippen LogP contribution in [0.15, 0.2) is 58.4 Å². The second-order valence-corrected chi connectivity index (χ2v) is 10.2. The summed E-state index contributed by atoms with van der Waals surface area (Å²) in [5.74, 6) is 0.352. The van der Waals surface area contributed by atoms with Crippen LogP contribution in [0.3, 0.4) is 0 Å². The summed E-state index contributed by atoms with van der Waals surface area (Å²) in [6.07, 6.45) is 2.41. The van der Waals surface area contributed by atoms with E-state index in [0.717, 1.165) is 11.1 Å². The van der Waals surface area contributed by atoms with Gasteiger partial charge in [-0.05, 0) is 36.1 Å². The zero-order valence-electron chi connectivity index (χ0n) is 19.2. The van der Waals surface area contributed by atoms with E-state index in [-0.39, 0.29) is 29.5 Å². The van der Waals surface area contributed by atoms with Gasteiger partial charge >= 0.3 is 0 Å². The molecule has 0 aliphatic carbocycles. The smallest absolute Gasteiger partial charge is 0.267 e. The monoisotopic (exact) mass is 494 g/mol. The molecule has 1 amide bonds. The Morgan fingerprint density at radius 2 is 1.91 bits per heavy atom. The van der Waals surface area contributed by atoms with Gasteiger partial charge in [-0.15, -0.1) is 0 Å². The molecule has 3 heterocycles. The lowest BCUT2D eigenvalue weighted by Crippen LogP contribution is -2.31. The zero-order valence-corrected chi connectivity index (χ0v) is 20.8. The van der Waals surface area contributed by atoms with E-state index in [2.05, 4.69) is 10.3 Å². The molecule has 2 N–H and O–H groups in total. The minimum Gasteiger partial charge on any atom is -0.387 e. The number of thiocarbonyl (C=S) groups is 1. The number of amides is 1. The number of rotatable bonds is 7. The number of benzene rings is 1. The average Bonchev–Trinajstić information content (AvgIpc) is 3.07. The van der Waals surface area contributed by atoms with Gasteiger partial charge in [-0.3, -0.25) is 18.9 Å². The first-order valence-electron chi connectivity index (χ1n) is 11.0. The lowest BCUT2D eigenvalue weighted by Gasteiger charge is -2.16. The molecular weight excluding hydrogens is 468 g/mol. The van der Waals surface area contributed by atoms with Crippen LogP contribution in [-0.2, 0) is 4.79 Å². The summed E-state index contributed by atoms with van der Waals surface area (Å²) in [6, 6.07) is 12.9. The van der Waals surface area contributed by atoms with Crippen LogP contribution in [0, 0.1) is 12.8 Å². The average molecular weight is 495 g/mol. The Labute approximate surface area is 207 Å². The van der Waals surface area contributed by atoms with Gasteiger partial charge in [0.2, 0.25) is 0 Å². The summed E-state index contributed by atoms with van der Waals surface area (Å²) in [6.45, 7) is 6.58. The molecule has 3 aromatic rings. The highest BCUT2D eigenvalue weighted by Gasteiger charge is 2.33. The van der Waals surface area contributed by atoms with E-state index < -0.39 is 6.10 Å². The SMILES string of the molecule is Cc1cccn2c(=O)c(/C=C3\SC(=S)N(CC(C)C)C3=O)c(NC[C@H](O)c3ccccc3)nc12. The third-order valence-corrected chi connectivity index (χ3v) is 6.81. The van der Waals surface area contributed by atoms with Crippen LogP contribution in [0.25, 0.3) is 11.7 Å². The quantitative estimate of drug-likeness (QED) is 0.379. The summed E-state index contributed by atoms with van der Waals surface area (Å²) in [7, 11) is 0. The fourth-order valence-corrected chi connectivity index (χ4v) is 4.97. The Morgan fingerprint density at radius 1 is 1.18 bits per heavy atom. The van der Waals surface area contributed by atoms with Crippen molar-refractivity contribution in [3.05, 3.63) is 80.6 Å². The zero-order chi connectivity index (χ0) is 24.4. The van der Waals surface area contributed by atoms with Gasteiger partial charge in [0, 0.05) is 19.3 Å². The molecular formula is C25H26N4O3S2. The van der Waals surface area contributed by atoms with E-state index >= 15 is 0 Å². The van der Waals surface area contributed by atoms with Gasteiger partial charge in [0.05, 0.1) is 16.6 Å². The van der Waals surface area contributed by atoms with Crippen molar-refractivity contribution in [3.63, 3.8) is 0 Å². The molecule has 0 bridgehead atoms. The van der Waals surface area contributed by atoms with E-state index in [1.165, 1.54) is 16.2 Å². The molecule has 4 rings (SSSR count). The van der Waals surface area contributed by atoms with Gasteiger partial charge in [-0.2, -0.15) is 0 Å². The number of fused-ring (bicyclic) bond motifs is 1. The van der Waals surface area contributed by atoms with Crippen molar-refractivity contribution in [1.82, 2.24) is 14.3 Å². The van der Waals surface area contributed by atoms with Crippen molar-refractivity contribution < 1.29 is 9.90 Å². The molecule has 0 radical (unpaired) electrons. The van der Waals surface area contributed by atoms with Gasteiger partial charge in [-0.25, -0.2) is 4.98 Å². The van der Waals surface area contributed by atoms with E-state index in [0.29, 0.717) is 27.2 Å². The maximum absolute atomic E-state index is 13.5. The maximum Gasteiger partial charge on any atom is 0.267 e. The number of carbonyl (C=O) groups excluding carboxylic acids is 1. The minimum absolute atomic E-state index is 0.146. The predicted molar refractivity (Wildman–Crippen MR) is 141 cm³/mol.